The van der Waals surface area contributed by atoms with Gasteiger partial charge in [-0.2, -0.15) is 0 Å². The molecule has 0 atom stereocenters. The third-order valence-electron chi connectivity index (χ3n) is 2.77. The van der Waals surface area contributed by atoms with Crippen molar-refractivity contribution in [1.82, 2.24) is 0 Å². The van der Waals surface area contributed by atoms with Crippen molar-refractivity contribution < 1.29 is 14.3 Å². The largest absolute Gasteiger partial charge is 0.497 e. The van der Waals surface area contributed by atoms with Crippen LogP contribution in [0.3, 0.4) is 0 Å². The van der Waals surface area contributed by atoms with Crippen LogP contribution < -0.4 is 9.47 Å². The first-order chi connectivity index (χ1) is 8.12. The number of hydrogen-bond acceptors (Lipinski definition) is 3. The Morgan fingerprint density at radius 1 is 1.29 bits per heavy atom. The molecule has 0 saturated heterocycles. The van der Waals surface area contributed by atoms with E-state index in [1.165, 1.54) is 0 Å². The molecule has 94 valence electrons. The summed E-state index contributed by atoms with van der Waals surface area (Å²) in [6, 6.07) is 5.30. The van der Waals surface area contributed by atoms with E-state index in [-0.39, 0.29) is 11.9 Å². The van der Waals surface area contributed by atoms with Crippen LogP contribution in [0.5, 0.6) is 11.5 Å². The van der Waals surface area contributed by atoms with Gasteiger partial charge in [-0.1, -0.05) is 13.8 Å². The monoisotopic (exact) mass is 236 g/mol. The van der Waals surface area contributed by atoms with Gasteiger partial charge in [-0.3, -0.25) is 4.79 Å². The average molecular weight is 236 g/mol. The Balaban J connectivity index is 3.04. The predicted molar refractivity (Wildman–Crippen MR) is 68.0 cm³/mol. The van der Waals surface area contributed by atoms with Crippen molar-refractivity contribution in [3.05, 3.63) is 23.8 Å². The summed E-state index contributed by atoms with van der Waals surface area (Å²) in [4.78, 5) is 11.5. The fourth-order valence-corrected chi connectivity index (χ4v) is 1.65. The van der Waals surface area contributed by atoms with E-state index in [4.69, 9.17) is 9.47 Å². The third kappa shape index (κ3) is 3.48. The average Bonchev–Trinajstić information content (AvgIpc) is 2.35. The van der Waals surface area contributed by atoms with Crippen molar-refractivity contribution in [2.24, 2.45) is 0 Å². The van der Waals surface area contributed by atoms with E-state index in [1.54, 1.807) is 32.2 Å². The maximum atomic E-state index is 11.5. The standard InChI is InChI=1S/C14H20O3/c1-5-11(6-2)17-14-9-12(16-4)7-8-13(14)10(3)15/h7-9,11H,5-6H2,1-4H3. The second kappa shape index (κ2) is 6.28. The molecule has 1 aromatic carbocycles. The van der Waals surface area contributed by atoms with Gasteiger partial charge >= 0.3 is 0 Å². The first-order valence-corrected chi connectivity index (χ1v) is 5.98. The lowest BCUT2D eigenvalue weighted by atomic mass is 10.1. The Kier molecular flexibility index (Phi) is 5.01. The van der Waals surface area contributed by atoms with Crippen LogP contribution >= 0.6 is 0 Å². The van der Waals surface area contributed by atoms with Gasteiger partial charge < -0.3 is 9.47 Å². The highest BCUT2D eigenvalue weighted by molar-refractivity contribution is 5.97. The lowest BCUT2D eigenvalue weighted by Crippen LogP contribution is -2.15. The number of carbonyl (C=O) groups excluding carboxylic acids is 1. The molecule has 1 aromatic rings. The topological polar surface area (TPSA) is 35.5 Å². The summed E-state index contributed by atoms with van der Waals surface area (Å²) in [6.07, 6.45) is 1.98. The zero-order valence-electron chi connectivity index (χ0n) is 10.9. The van der Waals surface area contributed by atoms with Crippen molar-refractivity contribution in [3.63, 3.8) is 0 Å². The van der Waals surface area contributed by atoms with Crippen LogP contribution in [0.2, 0.25) is 0 Å². The number of methoxy groups -OCH3 is 1. The second-order valence-corrected chi connectivity index (χ2v) is 3.97. The summed E-state index contributed by atoms with van der Waals surface area (Å²) in [7, 11) is 1.60. The molecule has 0 N–H and O–H groups in total. The molecule has 0 heterocycles. The molecule has 0 radical (unpaired) electrons. The summed E-state index contributed by atoms with van der Waals surface area (Å²) < 4.78 is 11.0. The van der Waals surface area contributed by atoms with E-state index in [2.05, 4.69) is 13.8 Å². The van der Waals surface area contributed by atoms with Crippen molar-refractivity contribution >= 4 is 5.78 Å². The highest BCUT2D eigenvalue weighted by Crippen LogP contribution is 2.27. The summed E-state index contributed by atoms with van der Waals surface area (Å²) in [5, 5.41) is 0. The molecule has 0 bridgehead atoms. The Morgan fingerprint density at radius 2 is 1.94 bits per heavy atom. The summed E-state index contributed by atoms with van der Waals surface area (Å²) >= 11 is 0. The van der Waals surface area contributed by atoms with Gasteiger partial charge in [0.15, 0.2) is 5.78 Å². The molecule has 0 aromatic heterocycles. The molecule has 0 aliphatic rings. The van der Waals surface area contributed by atoms with Gasteiger partial charge in [-0.05, 0) is 31.9 Å². The van der Waals surface area contributed by atoms with Gasteiger partial charge in [-0.15, -0.1) is 0 Å². The highest BCUT2D eigenvalue weighted by Gasteiger charge is 2.13. The summed E-state index contributed by atoms with van der Waals surface area (Å²) in [6.45, 7) is 5.69. The molecule has 17 heavy (non-hydrogen) atoms. The van der Waals surface area contributed by atoms with Crippen LogP contribution in [-0.2, 0) is 0 Å². The molecule has 0 saturated carbocycles. The number of rotatable bonds is 6. The Labute approximate surface area is 103 Å². The summed E-state index contributed by atoms with van der Waals surface area (Å²) in [5.41, 5.74) is 0.609. The van der Waals surface area contributed by atoms with Gasteiger partial charge in [0.1, 0.15) is 11.5 Å². The molecule has 0 unspecified atom stereocenters. The SMILES string of the molecule is CCC(CC)Oc1cc(OC)ccc1C(C)=O. The number of hydrogen-bond donors (Lipinski definition) is 0. The van der Waals surface area contributed by atoms with Crippen molar-refractivity contribution in [3.8, 4) is 11.5 Å². The Hall–Kier alpha value is -1.51. The lowest BCUT2D eigenvalue weighted by molar-refractivity contribution is 0.100. The van der Waals surface area contributed by atoms with Crippen LogP contribution in [0.4, 0.5) is 0 Å². The van der Waals surface area contributed by atoms with Gasteiger partial charge in [0, 0.05) is 6.07 Å². The smallest absolute Gasteiger partial charge is 0.163 e. The van der Waals surface area contributed by atoms with Crippen LogP contribution in [0, 0.1) is 0 Å². The molecular weight excluding hydrogens is 216 g/mol. The Bertz CT molecular complexity index is 381. The maximum absolute atomic E-state index is 11.5. The van der Waals surface area contributed by atoms with E-state index >= 15 is 0 Å². The van der Waals surface area contributed by atoms with Crippen LogP contribution in [0.25, 0.3) is 0 Å². The quantitative estimate of drug-likeness (QED) is 0.709. The first kappa shape index (κ1) is 13.6. The molecule has 0 fully saturated rings. The minimum absolute atomic E-state index is 0.00797. The molecule has 0 aliphatic carbocycles. The van der Waals surface area contributed by atoms with E-state index in [1.807, 2.05) is 0 Å². The first-order valence-electron chi connectivity index (χ1n) is 5.98. The molecular formula is C14H20O3. The lowest BCUT2D eigenvalue weighted by Gasteiger charge is -2.18. The van der Waals surface area contributed by atoms with E-state index in [9.17, 15) is 4.79 Å². The minimum Gasteiger partial charge on any atom is -0.497 e. The molecule has 3 heteroatoms. The fourth-order valence-electron chi connectivity index (χ4n) is 1.65. The second-order valence-electron chi connectivity index (χ2n) is 3.97. The van der Waals surface area contributed by atoms with Crippen LogP contribution in [-0.4, -0.2) is 19.0 Å². The van der Waals surface area contributed by atoms with E-state index in [0.29, 0.717) is 17.1 Å². The van der Waals surface area contributed by atoms with Crippen LogP contribution in [0.1, 0.15) is 44.0 Å². The maximum Gasteiger partial charge on any atom is 0.163 e. The minimum atomic E-state index is 0.00797. The van der Waals surface area contributed by atoms with Gasteiger partial charge in [-0.25, -0.2) is 0 Å². The zero-order valence-corrected chi connectivity index (χ0v) is 10.9. The molecule has 0 spiro atoms. The van der Waals surface area contributed by atoms with Gasteiger partial charge in [0.25, 0.3) is 0 Å². The highest BCUT2D eigenvalue weighted by atomic mass is 16.5. The predicted octanol–water partition coefficient (Wildman–Crippen LogP) is 3.47. The zero-order chi connectivity index (χ0) is 12.8. The number of carbonyl (C=O) groups is 1. The molecule has 3 nitrogen and oxygen atoms in total. The van der Waals surface area contributed by atoms with Crippen LogP contribution in [0.15, 0.2) is 18.2 Å². The van der Waals surface area contributed by atoms with Gasteiger partial charge in [0.05, 0.1) is 18.8 Å². The van der Waals surface area contributed by atoms with E-state index in [0.717, 1.165) is 12.8 Å². The normalized spacial score (nSPS) is 10.4. The fraction of sp³-hybridized carbons (Fsp3) is 0.500. The van der Waals surface area contributed by atoms with Gasteiger partial charge in [0.2, 0.25) is 0 Å². The van der Waals surface area contributed by atoms with Crippen molar-refractivity contribution in [2.45, 2.75) is 39.7 Å². The van der Waals surface area contributed by atoms with E-state index < -0.39 is 0 Å². The summed E-state index contributed by atoms with van der Waals surface area (Å²) in [5.74, 6) is 1.33. The number of benzene rings is 1. The van der Waals surface area contributed by atoms with Crippen molar-refractivity contribution in [1.29, 1.82) is 0 Å². The number of ketones is 1. The molecule has 1 rings (SSSR count). The van der Waals surface area contributed by atoms with Crippen molar-refractivity contribution in [2.75, 3.05) is 7.11 Å². The number of Topliss-reactive ketones (excluding diaryl/α,β-unsaturated/α-hetero) is 1. The number of ether oxygens (including phenoxy) is 2. The third-order valence-corrected chi connectivity index (χ3v) is 2.77. The molecule has 0 amide bonds. The Morgan fingerprint density at radius 3 is 2.41 bits per heavy atom. The molecule has 0 aliphatic heterocycles.